The molecule has 3 aliphatic rings. The summed E-state index contributed by atoms with van der Waals surface area (Å²) in [5.74, 6) is -0.563. The van der Waals surface area contributed by atoms with Gasteiger partial charge in [0.1, 0.15) is 18.9 Å². The average Bonchev–Trinajstić information content (AvgIpc) is 2.82. The van der Waals surface area contributed by atoms with Gasteiger partial charge in [0.05, 0.1) is 18.8 Å². The molecule has 8 heteroatoms. The van der Waals surface area contributed by atoms with Gasteiger partial charge in [-0.15, -0.1) is 0 Å². The second kappa shape index (κ2) is 10.4. The maximum Gasteiger partial charge on any atom is 0.304 e. The molecule has 4 rings (SSSR count). The van der Waals surface area contributed by atoms with E-state index in [9.17, 15) is 9.18 Å². The lowest BCUT2D eigenvalue weighted by Crippen LogP contribution is -2.59. The third-order valence-electron chi connectivity index (χ3n) is 7.39. The van der Waals surface area contributed by atoms with E-state index in [4.69, 9.17) is 28.4 Å². The number of rotatable bonds is 5. The molecule has 0 aliphatic carbocycles. The molecule has 33 heavy (non-hydrogen) atoms. The predicted molar refractivity (Wildman–Crippen MR) is 117 cm³/mol. The van der Waals surface area contributed by atoms with Crippen molar-refractivity contribution in [3.05, 3.63) is 35.9 Å². The van der Waals surface area contributed by atoms with Gasteiger partial charge in [-0.05, 0) is 11.8 Å². The summed E-state index contributed by atoms with van der Waals surface area (Å²) in [4.78, 5) is 11.4. The highest BCUT2D eigenvalue weighted by Gasteiger charge is 2.50. The maximum atomic E-state index is 13.9. The van der Waals surface area contributed by atoms with E-state index in [2.05, 4.69) is 13.8 Å². The molecule has 0 spiro atoms. The first-order valence-electron chi connectivity index (χ1n) is 11.8. The van der Waals surface area contributed by atoms with Crippen LogP contribution in [0.3, 0.4) is 0 Å². The van der Waals surface area contributed by atoms with Gasteiger partial charge in [0.15, 0.2) is 12.6 Å². The quantitative estimate of drug-likeness (QED) is 0.609. The first-order chi connectivity index (χ1) is 15.8. The molecular weight excluding hydrogens is 430 g/mol. The Morgan fingerprint density at radius 2 is 1.67 bits per heavy atom. The Morgan fingerprint density at radius 1 is 0.970 bits per heavy atom. The molecule has 0 radical (unpaired) electrons. The SMILES string of the molecule is CC(=O)OC1OC(C[18F])C(OC2OC3COC(c4ccccc4)OC3C(C)C2C)C(C)C1C. The minimum absolute atomic E-state index is 0.00901. The van der Waals surface area contributed by atoms with Crippen LogP contribution in [-0.4, -0.2) is 56.2 Å². The molecule has 0 N–H and O–H groups in total. The summed E-state index contributed by atoms with van der Waals surface area (Å²) in [6.45, 7) is 9.03. The van der Waals surface area contributed by atoms with Crippen LogP contribution in [0.25, 0.3) is 0 Å². The number of carbonyl (C=O) groups is 1. The summed E-state index contributed by atoms with van der Waals surface area (Å²) in [6, 6.07) is 9.86. The number of hydrogen-bond donors (Lipinski definition) is 0. The van der Waals surface area contributed by atoms with Crippen LogP contribution in [0.1, 0.15) is 46.5 Å². The van der Waals surface area contributed by atoms with E-state index < -0.39 is 43.7 Å². The Bertz CT molecular complexity index is 788. The molecule has 3 heterocycles. The molecule has 3 saturated heterocycles. The van der Waals surface area contributed by atoms with E-state index in [0.29, 0.717) is 6.61 Å². The van der Waals surface area contributed by atoms with Crippen molar-refractivity contribution >= 4 is 5.97 Å². The zero-order valence-corrected chi connectivity index (χ0v) is 19.9. The van der Waals surface area contributed by atoms with Crippen molar-refractivity contribution in [2.75, 3.05) is 13.3 Å². The number of carbonyl (C=O) groups excluding carboxylic acids is 1. The molecule has 11 atom stereocenters. The number of benzene rings is 1. The fourth-order valence-electron chi connectivity index (χ4n) is 4.96. The predicted octanol–water partition coefficient (Wildman–Crippen LogP) is 4.01. The van der Waals surface area contributed by atoms with Crippen LogP contribution in [0.2, 0.25) is 0 Å². The van der Waals surface area contributed by atoms with Crippen molar-refractivity contribution in [3.8, 4) is 0 Å². The molecule has 11 unspecified atom stereocenters. The Kier molecular flexibility index (Phi) is 7.70. The molecule has 1 aromatic carbocycles. The second-order valence-corrected chi connectivity index (χ2v) is 9.56. The second-order valence-electron chi connectivity index (χ2n) is 9.56. The summed E-state index contributed by atoms with van der Waals surface area (Å²) in [5, 5.41) is 0. The molecule has 7 nitrogen and oxygen atoms in total. The summed E-state index contributed by atoms with van der Waals surface area (Å²) in [7, 11) is 0. The minimum Gasteiger partial charge on any atom is -0.436 e. The van der Waals surface area contributed by atoms with Crippen LogP contribution < -0.4 is 0 Å². The summed E-state index contributed by atoms with van der Waals surface area (Å²) < 4.78 is 49.8. The molecule has 184 valence electrons. The number of hydrogen-bond acceptors (Lipinski definition) is 7. The highest BCUT2D eigenvalue weighted by molar-refractivity contribution is 5.66. The molecule has 0 aromatic heterocycles. The highest BCUT2D eigenvalue weighted by Crippen LogP contribution is 2.42. The number of alkyl halides is 1. The van der Waals surface area contributed by atoms with Crippen LogP contribution in [-0.2, 0) is 33.2 Å². The monoisotopic (exact) mass is 465 g/mol. The summed E-state index contributed by atoms with van der Waals surface area (Å²) in [5.41, 5.74) is 0.976. The van der Waals surface area contributed by atoms with Gasteiger partial charge in [-0.25, -0.2) is 4.39 Å². The molecular formula is C25H35FO7. The van der Waals surface area contributed by atoms with Gasteiger partial charge in [0, 0.05) is 24.3 Å². The van der Waals surface area contributed by atoms with Crippen molar-refractivity contribution in [3.63, 3.8) is 0 Å². The maximum absolute atomic E-state index is 13.9. The van der Waals surface area contributed by atoms with E-state index in [1.165, 1.54) is 6.92 Å². The number of ether oxygens (including phenoxy) is 6. The lowest BCUT2D eigenvalue weighted by atomic mass is 9.82. The van der Waals surface area contributed by atoms with Gasteiger partial charge >= 0.3 is 5.97 Å². The highest BCUT2D eigenvalue weighted by atomic mass is 18.2. The third-order valence-corrected chi connectivity index (χ3v) is 7.39. The van der Waals surface area contributed by atoms with Gasteiger partial charge < -0.3 is 28.4 Å². The van der Waals surface area contributed by atoms with Crippen molar-refractivity contribution in [2.24, 2.45) is 23.7 Å². The molecule has 3 fully saturated rings. The van der Waals surface area contributed by atoms with Crippen molar-refractivity contribution in [2.45, 2.75) is 77.9 Å². The lowest BCUT2D eigenvalue weighted by molar-refractivity contribution is -0.363. The molecule has 3 aliphatic heterocycles. The van der Waals surface area contributed by atoms with Gasteiger partial charge in [0.25, 0.3) is 0 Å². The summed E-state index contributed by atoms with van der Waals surface area (Å²) in [6.07, 6.45) is -3.56. The van der Waals surface area contributed by atoms with Gasteiger partial charge in [-0.2, -0.15) is 0 Å². The normalized spacial score (nSPS) is 43.5. The molecule has 0 amide bonds. The zero-order valence-electron chi connectivity index (χ0n) is 19.9. The number of esters is 1. The lowest BCUT2D eigenvalue weighted by Gasteiger charge is -2.50. The van der Waals surface area contributed by atoms with Gasteiger partial charge in [-0.3, -0.25) is 4.79 Å². The Balaban J connectivity index is 1.43. The standard InChI is InChI=1S/C25H35FO7/c1-13-15(3)23(29-17(5)27)30-19(11-26)21(13)32-24-16(4)14(2)22-20(31-24)12-28-25(33-22)18-9-7-6-8-10-18/h6-10,13-16,19-25H,11-12H2,1-5H3/i26-1. The average molecular weight is 466 g/mol. The Morgan fingerprint density at radius 3 is 2.33 bits per heavy atom. The van der Waals surface area contributed by atoms with Crippen molar-refractivity contribution < 1.29 is 37.6 Å². The molecule has 1 aromatic rings. The van der Waals surface area contributed by atoms with Crippen LogP contribution in [0.15, 0.2) is 30.3 Å². The molecule has 0 bridgehead atoms. The van der Waals surface area contributed by atoms with Crippen molar-refractivity contribution in [1.29, 1.82) is 0 Å². The van der Waals surface area contributed by atoms with E-state index in [-0.39, 0.29) is 35.9 Å². The third kappa shape index (κ3) is 5.10. The number of fused-ring (bicyclic) bond motifs is 1. The molecule has 0 saturated carbocycles. The largest absolute Gasteiger partial charge is 0.436 e. The number of halogens is 1. The van der Waals surface area contributed by atoms with Gasteiger partial charge in [0.2, 0.25) is 6.29 Å². The van der Waals surface area contributed by atoms with E-state index in [0.717, 1.165) is 5.56 Å². The van der Waals surface area contributed by atoms with Crippen LogP contribution in [0.4, 0.5) is 4.39 Å². The smallest absolute Gasteiger partial charge is 0.304 e. The summed E-state index contributed by atoms with van der Waals surface area (Å²) >= 11 is 0. The fourth-order valence-corrected chi connectivity index (χ4v) is 4.96. The van der Waals surface area contributed by atoms with E-state index in [1.54, 1.807) is 0 Å². The zero-order chi connectivity index (χ0) is 23.7. The van der Waals surface area contributed by atoms with Crippen LogP contribution in [0, 0.1) is 23.7 Å². The van der Waals surface area contributed by atoms with E-state index >= 15 is 0 Å². The van der Waals surface area contributed by atoms with Crippen LogP contribution in [0.5, 0.6) is 0 Å². The first kappa shape index (κ1) is 24.5. The van der Waals surface area contributed by atoms with Crippen LogP contribution >= 0.6 is 0 Å². The Labute approximate surface area is 194 Å². The van der Waals surface area contributed by atoms with Crippen molar-refractivity contribution in [1.82, 2.24) is 0 Å². The topological polar surface area (TPSA) is 72.5 Å². The first-order valence-corrected chi connectivity index (χ1v) is 11.8. The fraction of sp³-hybridized carbons (Fsp3) is 0.720. The minimum atomic E-state index is -0.842. The van der Waals surface area contributed by atoms with E-state index in [1.807, 2.05) is 44.2 Å². The van der Waals surface area contributed by atoms with Gasteiger partial charge in [-0.1, -0.05) is 58.0 Å². The Hall–Kier alpha value is -1.58.